The number of nitrogens with zero attached hydrogens (tertiary/aromatic N) is 6. The largest absolute Gasteiger partial charge is 0.417 e. The fourth-order valence-electron chi connectivity index (χ4n) is 4.30. The van der Waals surface area contributed by atoms with Crippen molar-refractivity contribution in [1.29, 1.82) is 0 Å². The molecule has 0 spiro atoms. The van der Waals surface area contributed by atoms with Crippen molar-refractivity contribution in [3.05, 3.63) is 39.8 Å². The number of aliphatic imine (C=N–C) groups is 1. The third kappa shape index (κ3) is 4.62. The number of urea groups is 1. The summed E-state index contributed by atoms with van der Waals surface area (Å²) in [6.07, 6.45) is -1.47. The van der Waals surface area contributed by atoms with E-state index in [-0.39, 0.29) is 24.4 Å². The molecule has 4 rings (SSSR count). The summed E-state index contributed by atoms with van der Waals surface area (Å²) in [5.74, 6) is -3.61. The molecule has 4 heterocycles. The molecule has 1 N–H and O–H groups in total. The summed E-state index contributed by atoms with van der Waals surface area (Å²) in [5.41, 5.74) is -2.57. The van der Waals surface area contributed by atoms with Gasteiger partial charge in [-0.2, -0.15) is 13.2 Å². The lowest BCUT2D eigenvalue weighted by Gasteiger charge is -2.43. The molecule has 1 fully saturated rings. The van der Waals surface area contributed by atoms with Crippen LogP contribution in [0.1, 0.15) is 12.0 Å². The van der Waals surface area contributed by atoms with Gasteiger partial charge in [-0.1, -0.05) is 0 Å². The molecule has 3 aliphatic heterocycles. The minimum absolute atomic E-state index is 0.111. The number of amidine groups is 1. The van der Waals surface area contributed by atoms with Gasteiger partial charge in [0.15, 0.2) is 5.84 Å². The summed E-state index contributed by atoms with van der Waals surface area (Å²) in [4.78, 5) is 43.2. The van der Waals surface area contributed by atoms with Crippen LogP contribution in [-0.2, 0) is 18.0 Å². The van der Waals surface area contributed by atoms with Crippen LogP contribution in [0.5, 0.6) is 0 Å². The summed E-state index contributed by atoms with van der Waals surface area (Å²) < 4.78 is 70.2. The van der Waals surface area contributed by atoms with Crippen molar-refractivity contribution in [3.63, 3.8) is 0 Å². The summed E-state index contributed by atoms with van der Waals surface area (Å²) in [5, 5.41) is 7.08. The van der Waals surface area contributed by atoms with E-state index in [4.69, 9.17) is 0 Å². The van der Waals surface area contributed by atoms with Gasteiger partial charge >= 0.3 is 12.2 Å². The molecule has 0 aliphatic carbocycles. The zero-order chi connectivity index (χ0) is 26.6. The van der Waals surface area contributed by atoms with E-state index in [9.17, 15) is 27.6 Å². The number of aromatic nitrogens is 1. The first-order valence-corrected chi connectivity index (χ1v) is 10.8. The van der Waals surface area contributed by atoms with Crippen molar-refractivity contribution in [3.8, 4) is 0 Å². The molecular weight excluding hydrogens is 493 g/mol. The number of hydrogen-bond donors (Lipinski definition) is 1. The Bertz CT molecular complexity index is 1250. The second-order valence-electron chi connectivity index (χ2n) is 8.73. The third-order valence-corrected chi connectivity index (χ3v) is 6.25. The quantitative estimate of drug-likeness (QED) is 0.620. The summed E-state index contributed by atoms with van der Waals surface area (Å²) >= 11 is 0. The minimum atomic E-state index is -4.78. The summed E-state index contributed by atoms with van der Waals surface area (Å²) in [6, 6.07) is -2.96. The van der Waals surface area contributed by atoms with Gasteiger partial charge in [-0.3, -0.25) is 14.5 Å². The lowest BCUT2D eigenvalue weighted by Crippen LogP contribution is -2.61. The van der Waals surface area contributed by atoms with Crippen LogP contribution in [0.3, 0.4) is 0 Å². The van der Waals surface area contributed by atoms with Crippen molar-refractivity contribution in [2.75, 3.05) is 32.5 Å². The first kappa shape index (κ1) is 25.5. The number of anilines is 1. The molecule has 10 nitrogen and oxygen atoms in total. The Hall–Kier alpha value is -3.62. The van der Waals surface area contributed by atoms with Crippen LogP contribution in [-0.4, -0.2) is 88.6 Å². The van der Waals surface area contributed by atoms with Crippen LogP contribution in [0, 0.1) is 0 Å². The maximum absolute atomic E-state index is 15.2. The van der Waals surface area contributed by atoms with Crippen LogP contribution in [0.4, 0.5) is 32.4 Å². The van der Waals surface area contributed by atoms with E-state index in [1.54, 1.807) is 0 Å². The average Bonchev–Trinajstić information content (AvgIpc) is 3.07. The fourth-order valence-corrected chi connectivity index (χ4v) is 4.30. The highest BCUT2D eigenvalue weighted by molar-refractivity contribution is 6.26. The molecule has 0 radical (unpaired) electrons. The number of pyridine rings is 1. The number of fused-ring (bicyclic) bond motifs is 1. The molecule has 0 bridgehead atoms. The molecule has 1 unspecified atom stereocenters. The number of rotatable bonds is 3. The highest BCUT2D eigenvalue weighted by Crippen LogP contribution is 2.33. The Kier molecular flexibility index (Phi) is 6.22. The number of hydrogen-bond acceptors (Lipinski definition) is 6. The predicted molar refractivity (Wildman–Crippen MR) is 119 cm³/mol. The number of amides is 3. The van der Waals surface area contributed by atoms with Gasteiger partial charge in [0.1, 0.15) is 5.69 Å². The van der Waals surface area contributed by atoms with Gasteiger partial charge in [-0.15, -0.1) is 5.10 Å². The van der Waals surface area contributed by atoms with Gasteiger partial charge in [0.05, 0.1) is 29.8 Å². The van der Waals surface area contributed by atoms with Crippen molar-refractivity contribution < 1.29 is 31.5 Å². The standard InChI is InChI=1S/C21H22F5N7O3/c1-30-9-11(21(24,25)26)6-14(18(30)35)28-19(36)31(2)15-4-5-33(10-20(15,22)23)12-7-13-16(27-8-12)29-32(3)17(13)34/h6-9,12,15H,4-5,10H2,1-3H3,(H,28,36)/t12?,15-/m0/s1. The highest BCUT2D eigenvalue weighted by Gasteiger charge is 2.49. The zero-order valence-corrected chi connectivity index (χ0v) is 19.4. The van der Waals surface area contributed by atoms with Crippen LogP contribution in [0.2, 0.25) is 0 Å². The fraction of sp³-hybridized carbons (Fsp3) is 0.476. The Labute approximate surface area is 201 Å². The number of alkyl halides is 5. The van der Waals surface area contributed by atoms with Gasteiger partial charge in [-0.25, -0.2) is 23.6 Å². The number of nitrogens with one attached hydrogen (secondary N) is 1. The summed E-state index contributed by atoms with van der Waals surface area (Å²) in [7, 11) is 3.62. The predicted octanol–water partition coefficient (Wildman–Crippen LogP) is 1.74. The van der Waals surface area contributed by atoms with Gasteiger partial charge < -0.3 is 14.8 Å². The van der Waals surface area contributed by atoms with E-state index in [0.29, 0.717) is 21.7 Å². The number of dihydropyridines is 1. The number of piperidine rings is 1. The number of aryl methyl sites for hydroxylation is 1. The van der Waals surface area contributed by atoms with E-state index in [1.807, 2.05) is 5.32 Å². The summed E-state index contributed by atoms with van der Waals surface area (Å²) in [6.45, 7) is -0.655. The molecule has 0 saturated carbocycles. The van der Waals surface area contributed by atoms with Crippen LogP contribution in [0.15, 0.2) is 38.8 Å². The number of likely N-dealkylation sites (tertiary alicyclic amines) is 1. The molecule has 0 aromatic carbocycles. The van der Waals surface area contributed by atoms with E-state index in [1.165, 1.54) is 24.2 Å². The highest BCUT2D eigenvalue weighted by atomic mass is 19.4. The van der Waals surface area contributed by atoms with Gasteiger partial charge in [0.2, 0.25) is 0 Å². The minimum Gasteiger partial charge on any atom is -0.318 e. The zero-order valence-electron chi connectivity index (χ0n) is 19.4. The molecule has 2 atom stereocenters. The molecule has 194 valence electrons. The van der Waals surface area contributed by atoms with Gasteiger partial charge in [0.25, 0.3) is 17.4 Å². The monoisotopic (exact) mass is 515 g/mol. The maximum Gasteiger partial charge on any atom is 0.417 e. The molecule has 1 saturated heterocycles. The SMILES string of the molecule is CN1N=C2N=CC(N3CC[C@H](N(C)C(=O)Nc4cc(C(F)(F)F)cn(C)c4=O)C(F)(F)C3)C=C2C1=O. The van der Waals surface area contributed by atoms with Gasteiger partial charge in [0, 0.05) is 40.1 Å². The molecule has 1 aromatic rings. The van der Waals surface area contributed by atoms with Crippen molar-refractivity contribution >= 4 is 29.7 Å². The smallest absolute Gasteiger partial charge is 0.318 e. The lowest BCUT2D eigenvalue weighted by molar-refractivity contribution is -0.138. The number of carbonyl (C=O) groups excluding carboxylic acids is 2. The van der Waals surface area contributed by atoms with E-state index in [0.717, 1.165) is 19.1 Å². The Morgan fingerprint density at radius 3 is 2.58 bits per heavy atom. The molecule has 15 heteroatoms. The third-order valence-electron chi connectivity index (χ3n) is 6.25. The van der Waals surface area contributed by atoms with Crippen LogP contribution >= 0.6 is 0 Å². The maximum atomic E-state index is 15.2. The Morgan fingerprint density at radius 2 is 1.94 bits per heavy atom. The number of halogens is 5. The first-order chi connectivity index (χ1) is 16.7. The second kappa shape index (κ2) is 8.80. The number of hydrazone groups is 1. The molecule has 3 aliphatic rings. The molecule has 3 amide bonds. The molecular formula is C21H22F5N7O3. The number of carbonyl (C=O) groups is 2. The molecule has 36 heavy (non-hydrogen) atoms. The average molecular weight is 515 g/mol. The van der Waals surface area contributed by atoms with Gasteiger partial charge in [-0.05, 0) is 18.6 Å². The van der Waals surface area contributed by atoms with Crippen molar-refractivity contribution in [2.45, 2.75) is 30.6 Å². The van der Waals surface area contributed by atoms with Crippen LogP contribution in [0.25, 0.3) is 0 Å². The normalized spacial score (nSPS) is 23.8. The Balaban J connectivity index is 1.47. The van der Waals surface area contributed by atoms with E-state index < -0.39 is 59.5 Å². The number of likely N-dealkylation sites (N-methyl/N-ethyl adjacent to an activating group) is 1. The van der Waals surface area contributed by atoms with Crippen molar-refractivity contribution in [1.82, 2.24) is 19.4 Å². The van der Waals surface area contributed by atoms with Crippen LogP contribution < -0.4 is 10.9 Å². The first-order valence-electron chi connectivity index (χ1n) is 10.8. The topological polar surface area (TPSA) is 103 Å². The Morgan fingerprint density at radius 1 is 1.25 bits per heavy atom. The van der Waals surface area contributed by atoms with E-state index >= 15 is 8.78 Å². The van der Waals surface area contributed by atoms with E-state index in [2.05, 4.69) is 10.1 Å². The molecule has 1 aromatic heterocycles. The second-order valence-corrected chi connectivity index (χ2v) is 8.73. The lowest BCUT2D eigenvalue weighted by atomic mass is 9.97. The van der Waals surface area contributed by atoms with Crippen molar-refractivity contribution in [2.24, 2.45) is 17.1 Å².